The molecule has 2 N–H and O–H groups in total. The third-order valence-corrected chi connectivity index (χ3v) is 7.86. The molecule has 1 atom stereocenters. The number of aromatic nitrogens is 1. The number of alkyl halides is 4. The zero-order valence-electron chi connectivity index (χ0n) is 21.2. The normalized spacial score (nSPS) is 22.6. The molecule has 1 aromatic heterocycles. The first kappa shape index (κ1) is 28.0. The lowest BCUT2D eigenvalue weighted by atomic mass is 9.85. The van der Waals surface area contributed by atoms with Crippen LogP contribution in [0.15, 0.2) is 60.8 Å². The molecule has 1 fully saturated rings. The minimum Gasteiger partial charge on any atom is -0.372 e. The summed E-state index contributed by atoms with van der Waals surface area (Å²) in [5.74, 6) is -1.25. The maximum absolute atomic E-state index is 13.7. The van der Waals surface area contributed by atoms with Gasteiger partial charge in [-0.05, 0) is 55.4 Å². The van der Waals surface area contributed by atoms with Crippen molar-refractivity contribution in [3.63, 3.8) is 0 Å². The van der Waals surface area contributed by atoms with Crippen LogP contribution in [0.2, 0.25) is 5.02 Å². The van der Waals surface area contributed by atoms with Gasteiger partial charge in [-0.2, -0.15) is 0 Å². The maximum Gasteiger partial charge on any atom is 0.281 e. The fourth-order valence-corrected chi connectivity index (χ4v) is 5.77. The minimum atomic E-state index is -2.92. The van der Waals surface area contributed by atoms with Gasteiger partial charge in [0.2, 0.25) is 0 Å². The number of benzene rings is 2. The van der Waals surface area contributed by atoms with Gasteiger partial charge in [0.05, 0.1) is 16.3 Å². The van der Waals surface area contributed by atoms with Crippen molar-refractivity contribution in [2.24, 2.45) is 5.92 Å². The summed E-state index contributed by atoms with van der Waals surface area (Å²) in [5.41, 5.74) is -2.36. The van der Waals surface area contributed by atoms with E-state index in [9.17, 15) is 32.3 Å². The molecule has 1 unspecified atom stereocenters. The van der Waals surface area contributed by atoms with E-state index in [1.165, 1.54) is 29.2 Å². The van der Waals surface area contributed by atoms with Crippen LogP contribution < -0.4 is 10.2 Å². The van der Waals surface area contributed by atoms with Crippen LogP contribution in [0.4, 0.5) is 23.2 Å². The number of aliphatic hydroxyl groups is 1. The Morgan fingerprint density at radius 3 is 2.48 bits per heavy atom. The van der Waals surface area contributed by atoms with Crippen LogP contribution in [-0.4, -0.2) is 34.5 Å². The van der Waals surface area contributed by atoms with E-state index in [1.807, 2.05) is 0 Å². The average molecular weight is 576 g/mol. The van der Waals surface area contributed by atoms with Crippen LogP contribution in [0.3, 0.4) is 0 Å². The molecule has 0 radical (unpaired) electrons. The van der Waals surface area contributed by atoms with Crippen molar-refractivity contribution >= 4 is 29.1 Å². The SMILES string of the molecule is O=C(NC1CCC(CN2C(=O)C(O)(c3cccc(C(F)F)c3)c3ccccc32)CC1)c1cc(Cl)cnc1C(F)F. The number of pyridine rings is 1. The summed E-state index contributed by atoms with van der Waals surface area (Å²) in [6.45, 7) is 0.293. The number of amides is 2. The van der Waals surface area contributed by atoms with Crippen molar-refractivity contribution < 1.29 is 32.3 Å². The number of nitrogens with zero attached hydrogens (tertiary/aromatic N) is 2. The average Bonchev–Trinajstić information content (AvgIpc) is 3.16. The van der Waals surface area contributed by atoms with Crippen molar-refractivity contribution in [3.8, 4) is 0 Å². The Bertz CT molecular complexity index is 1430. The van der Waals surface area contributed by atoms with Gasteiger partial charge in [-0.15, -0.1) is 0 Å². The number of halogens is 5. The van der Waals surface area contributed by atoms with Gasteiger partial charge in [-0.3, -0.25) is 14.6 Å². The smallest absolute Gasteiger partial charge is 0.281 e. The predicted octanol–water partition coefficient (Wildman–Crippen LogP) is 6.18. The van der Waals surface area contributed by atoms with Gasteiger partial charge in [-0.1, -0.05) is 48.0 Å². The third-order valence-electron chi connectivity index (χ3n) is 7.65. The van der Waals surface area contributed by atoms with Crippen molar-refractivity contribution in [3.05, 3.63) is 93.8 Å². The third kappa shape index (κ3) is 5.17. The molecule has 2 aromatic carbocycles. The fourth-order valence-electron chi connectivity index (χ4n) is 5.61. The zero-order chi connectivity index (χ0) is 28.6. The molecule has 0 saturated heterocycles. The van der Waals surface area contributed by atoms with E-state index in [4.69, 9.17) is 11.6 Å². The summed E-state index contributed by atoms with van der Waals surface area (Å²) in [6, 6.07) is 12.9. The molecular formula is C29H26ClF4N3O3. The molecule has 5 rings (SSSR count). The number of carbonyl (C=O) groups excluding carboxylic acids is 2. The van der Waals surface area contributed by atoms with Crippen LogP contribution in [0.1, 0.15) is 71.3 Å². The van der Waals surface area contributed by atoms with Crippen LogP contribution >= 0.6 is 11.6 Å². The highest BCUT2D eigenvalue weighted by Crippen LogP contribution is 2.45. The first-order chi connectivity index (χ1) is 19.1. The Hall–Kier alpha value is -3.50. The zero-order valence-corrected chi connectivity index (χ0v) is 21.9. The molecular weight excluding hydrogens is 550 g/mol. The second-order valence-corrected chi connectivity index (χ2v) is 10.6. The van der Waals surface area contributed by atoms with E-state index < -0.39 is 36.0 Å². The molecule has 0 spiro atoms. The highest BCUT2D eigenvalue weighted by molar-refractivity contribution is 6.30. The number of hydrogen-bond donors (Lipinski definition) is 2. The maximum atomic E-state index is 13.7. The standard InChI is InChI=1S/C29H26ClF4N3O3/c30-19-13-21(24(26(33)34)35-14-19)27(38)36-20-10-8-16(9-11-20)15-37-23-7-2-1-6-22(23)29(40,28(37)39)18-5-3-4-17(12-18)25(31)32/h1-7,12-14,16,20,25-26,40H,8-11,15H2,(H,36,38). The van der Waals surface area contributed by atoms with Gasteiger partial charge < -0.3 is 15.3 Å². The largest absolute Gasteiger partial charge is 0.372 e. The van der Waals surface area contributed by atoms with Crippen molar-refractivity contribution in [1.82, 2.24) is 10.3 Å². The lowest BCUT2D eigenvalue weighted by molar-refractivity contribution is -0.132. The number of anilines is 1. The minimum absolute atomic E-state index is 0.0318. The Labute approximate surface area is 233 Å². The fraction of sp³-hybridized carbons (Fsp3) is 0.345. The Morgan fingerprint density at radius 1 is 1.05 bits per heavy atom. The van der Waals surface area contributed by atoms with Crippen molar-refractivity contribution in [1.29, 1.82) is 0 Å². The molecule has 3 aromatic rings. The summed E-state index contributed by atoms with van der Waals surface area (Å²) < 4.78 is 53.4. The first-order valence-corrected chi connectivity index (χ1v) is 13.2. The summed E-state index contributed by atoms with van der Waals surface area (Å²) >= 11 is 5.87. The van der Waals surface area contributed by atoms with E-state index in [2.05, 4.69) is 10.3 Å². The summed E-state index contributed by atoms with van der Waals surface area (Å²) in [6.07, 6.45) is -2.24. The van der Waals surface area contributed by atoms with Gasteiger partial charge >= 0.3 is 0 Å². The second kappa shape index (κ2) is 11.2. The molecule has 2 aliphatic rings. The molecule has 0 bridgehead atoms. The van der Waals surface area contributed by atoms with E-state index in [1.54, 1.807) is 24.3 Å². The first-order valence-electron chi connectivity index (χ1n) is 12.9. The van der Waals surface area contributed by atoms with E-state index in [-0.39, 0.29) is 33.7 Å². The quantitative estimate of drug-likeness (QED) is 0.330. The number of hydrogen-bond acceptors (Lipinski definition) is 4. The highest BCUT2D eigenvalue weighted by atomic mass is 35.5. The number of rotatable bonds is 7. The van der Waals surface area contributed by atoms with Crippen molar-refractivity contribution in [2.75, 3.05) is 11.4 Å². The van der Waals surface area contributed by atoms with Gasteiger partial charge in [0.25, 0.3) is 24.7 Å². The molecule has 1 saturated carbocycles. The molecule has 40 heavy (non-hydrogen) atoms. The molecule has 210 valence electrons. The second-order valence-electron chi connectivity index (χ2n) is 10.1. The molecule has 11 heteroatoms. The van der Waals surface area contributed by atoms with Crippen LogP contribution in [0.5, 0.6) is 0 Å². The lowest BCUT2D eigenvalue weighted by Gasteiger charge is -2.32. The number of nitrogens with one attached hydrogen (secondary N) is 1. The van der Waals surface area contributed by atoms with Crippen molar-refractivity contribution in [2.45, 2.75) is 50.2 Å². The Balaban J connectivity index is 1.28. The van der Waals surface area contributed by atoms with Gasteiger partial charge in [-0.25, -0.2) is 17.6 Å². The van der Waals surface area contributed by atoms with Gasteiger partial charge in [0.15, 0.2) is 5.60 Å². The van der Waals surface area contributed by atoms with Gasteiger partial charge in [0.1, 0.15) is 5.69 Å². The molecule has 2 amide bonds. The van der Waals surface area contributed by atoms with E-state index >= 15 is 0 Å². The van der Waals surface area contributed by atoms with E-state index in [0.717, 1.165) is 12.3 Å². The summed E-state index contributed by atoms with van der Waals surface area (Å²) in [5, 5.41) is 14.5. The topological polar surface area (TPSA) is 82.5 Å². The number of carbonyl (C=O) groups is 2. The number of fused-ring (bicyclic) bond motifs is 1. The molecule has 1 aliphatic carbocycles. The molecule has 1 aliphatic heterocycles. The van der Waals surface area contributed by atoms with Crippen LogP contribution in [-0.2, 0) is 10.4 Å². The molecule has 2 heterocycles. The summed E-state index contributed by atoms with van der Waals surface area (Å²) in [7, 11) is 0. The predicted molar refractivity (Wildman–Crippen MR) is 141 cm³/mol. The molecule has 6 nitrogen and oxygen atoms in total. The van der Waals surface area contributed by atoms with Gasteiger partial charge in [0, 0.05) is 29.9 Å². The summed E-state index contributed by atoms with van der Waals surface area (Å²) in [4.78, 5) is 31.5. The van der Waals surface area contributed by atoms with E-state index in [0.29, 0.717) is 43.5 Å². The lowest BCUT2D eigenvalue weighted by Crippen LogP contribution is -2.44. The Morgan fingerprint density at radius 2 is 1.77 bits per heavy atom. The number of para-hydroxylation sites is 1. The van der Waals surface area contributed by atoms with Crippen LogP contribution in [0, 0.1) is 5.92 Å². The highest BCUT2D eigenvalue weighted by Gasteiger charge is 2.51. The Kier molecular flexibility index (Phi) is 7.83. The van der Waals surface area contributed by atoms with Crippen LogP contribution in [0.25, 0.3) is 0 Å². The monoisotopic (exact) mass is 575 g/mol.